The second kappa shape index (κ2) is 6.05. The Bertz CT molecular complexity index is 334. The summed E-state index contributed by atoms with van der Waals surface area (Å²) in [5.74, 6) is 1.92. The summed E-state index contributed by atoms with van der Waals surface area (Å²) < 4.78 is 2.23. The number of nitrogens with one attached hydrogen (secondary N) is 1. The molecule has 4 heteroatoms. The summed E-state index contributed by atoms with van der Waals surface area (Å²) in [7, 11) is 0. The number of anilines is 1. The fourth-order valence-electron chi connectivity index (χ4n) is 2.59. The molecular formula is C13H24N4. The third-order valence-corrected chi connectivity index (χ3v) is 3.52. The first kappa shape index (κ1) is 12.4. The fraction of sp³-hybridized carbons (Fsp3) is 0.769. The average molecular weight is 236 g/mol. The van der Waals surface area contributed by atoms with Gasteiger partial charge in [0.05, 0.1) is 0 Å². The highest BCUT2D eigenvalue weighted by Gasteiger charge is 2.22. The Morgan fingerprint density at radius 2 is 2.35 bits per heavy atom. The van der Waals surface area contributed by atoms with Crippen LogP contribution >= 0.6 is 0 Å². The van der Waals surface area contributed by atoms with Crippen LogP contribution in [-0.4, -0.2) is 35.7 Å². The van der Waals surface area contributed by atoms with Gasteiger partial charge in [0.25, 0.3) is 0 Å². The van der Waals surface area contributed by atoms with Gasteiger partial charge in [-0.25, -0.2) is 4.98 Å². The fourth-order valence-corrected chi connectivity index (χ4v) is 2.59. The van der Waals surface area contributed by atoms with Crippen LogP contribution in [0.5, 0.6) is 0 Å². The van der Waals surface area contributed by atoms with Crippen LogP contribution in [0.15, 0.2) is 12.4 Å². The molecule has 1 aromatic rings. The van der Waals surface area contributed by atoms with E-state index in [9.17, 15) is 0 Å². The Morgan fingerprint density at radius 1 is 1.47 bits per heavy atom. The molecule has 1 unspecified atom stereocenters. The van der Waals surface area contributed by atoms with Gasteiger partial charge in [-0.1, -0.05) is 6.92 Å². The van der Waals surface area contributed by atoms with E-state index in [2.05, 4.69) is 39.8 Å². The van der Waals surface area contributed by atoms with Crippen molar-refractivity contribution in [1.29, 1.82) is 0 Å². The lowest BCUT2D eigenvalue weighted by atomic mass is 9.98. The standard InChI is InChI=1S/C13H24N4/c1-3-14-10-12-6-5-8-17(11-12)13-15-7-9-16(13)4-2/h7,9,12,14H,3-6,8,10-11H2,1-2H3. The predicted molar refractivity (Wildman–Crippen MR) is 71.4 cm³/mol. The normalized spacial score (nSPS) is 20.8. The van der Waals surface area contributed by atoms with Crippen molar-refractivity contribution in [2.75, 3.05) is 31.1 Å². The number of aryl methyl sites for hydroxylation is 1. The second-order valence-corrected chi connectivity index (χ2v) is 4.78. The van der Waals surface area contributed by atoms with Crippen LogP contribution in [0.2, 0.25) is 0 Å². The third-order valence-electron chi connectivity index (χ3n) is 3.52. The lowest BCUT2D eigenvalue weighted by molar-refractivity contribution is 0.390. The van der Waals surface area contributed by atoms with Crippen LogP contribution in [0.1, 0.15) is 26.7 Å². The number of rotatable bonds is 5. The van der Waals surface area contributed by atoms with Crippen LogP contribution < -0.4 is 10.2 Å². The van der Waals surface area contributed by atoms with Gasteiger partial charge in [-0.05, 0) is 38.8 Å². The summed E-state index contributed by atoms with van der Waals surface area (Å²) in [6, 6.07) is 0. The topological polar surface area (TPSA) is 33.1 Å². The van der Waals surface area contributed by atoms with Gasteiger partial charge >= 0.3 is 0 Å². The Balaban J connectivity index is 1.97. The van der Waals surface area contributed by atoms with E-state index in [1.807, 2.05) is 6.20 Å². The Labute approximate surface area is 104 Å². The minimum absolute atomic E-state index is 0.769. The zero-order valence-corrected chi connectivity index (χ0v) is 11.0. The van der Waals surface area contributed by atoms with E-state index in [-0.39, 0.29) is 0 Å². The molecule has 0 aromatic carbocycles. The molecule has 4 nitrogen and oxygen atoms in total. The van der Waals surface area contributed by atoms with Gasteiger partial charge in [0.1, 0.15) is 0 Å². The molecule has 1 aromatic heterocycles. The molecule has 0 aliphatic carbocycles. The highest BCUT2D eigenvalue weighted by molar-refractivity contribution is 5.32. The van der Waals surface area contributed by atoms with Crippen molar-refractivity contribution in [3.05, 3.63) is 12.4 Å². The lowest BCUT2D eigenvalue weighted by Gasteiger charge is -2.33. The van der Waals surface area contributed by atoms with Crippen molar-refractivity contribution in [2.45, 2.75) is 33.2 Å². The number of imidazole rings is 1. The predicted octanol–water partition coefficient (Wildman–Crippen LogP) is 1.73. The first-order valence-electron chi connectivity index (χ1n) is 6.82. The maximum atomic E-state index is 4.49. The van der Waals surface area contributed by atoms with Gasteiger partial charge in [0, 0.05) is 32.0 Å². The lowest BCUT2D eigenvalue weighted by Crippen LogP contribution is -2.40. The van der Waals surface area contributed by atoms with Gasteiger partial charge in [-0.3, -0.25) is 0 Å². The highest BCUT2D eigenvalue weighted by atomic mass is 15.3. The van der Waals surface area contributed by atoms with E-state index in [1.54, 1.807) is 0 Å². The number of hydrogen-bond donors (Lipinski definition) is 1. The van der Waals surface area contributed by atoms with Gasteiger partial charge in [-0.2, -0.15) is 0 Å². The van der Waals surface area contributed by atoms with Gasteiger partial charge in [0.2, 0.25) is 5.95 Å². The van der Waals surface area contributed by atoms with Crippen molar-refractivity contribution < 1.29 is 0 Å². The van der Waals surface area contributed by atoms with E-state index in [1.165, 1.54) is 12.8 Å². The summed E-state index contributed by atoms with van der Waals surface area (Å²) in [5, 5.41) is 3.46. The summed E-state index contributed by atoms with van der Waals surface area (Å²) in [6.45, 7) is 9.85. The first-order valence-corrected chi connectivity index (χ1v) is 6.82. The quantitative estimate of drug-likeness (QED) is 0.845. The van der Waals surface area contributed by atoms with E-state index in [0.717, 1.165) is 44.6 Å². The largest absolute Gasteiger partial charge is 0.342 e. The van der Waals surface area contributed by atoms with Crippen LogP contribution in [0, 0.1) is 5.92 Å². The molecule has 1 aliphatic rings. The van der Waals surface area contributed by atoms with E-state index in [0.29, 0.717) is 0 Å². The van der Waals surface area contributed by atoms with Gasteiger partial charge in [-0.15, -0.1) is 0 Å². The van der Waals surface area contributed by atoms with Crippen molar-refractivity contribution in [3.63, 3.8) is 0 Å². The molecule has 0 saturated carbocycles. The molecule has 0 spiro atoms. The van der Waals surface area contributed by atoms with E-state index < -0.39 is 0 Å². The van der Waals surface area contributed by atoms with Crippen LogP contribution in [0.4, 0.5) is 5.95 Å². The molecule has 1 aliphatic heterocycles. The van der Waals surface area contributed by atoms with Gasteiger partial charge in [0.15, 0.2) is 0 Å². The van der Waals surface area contributed by atoms with E-state index in [4.69, 9.17) is 0 Å². The third kappa shape index (κ3) is 3.00. The van der Waals surface area contributed by atoms with Gasteiger partial charge < -0.3 is 14.8 Å². The van der Waals surface area contributed by atoms with Crippen molar-refractivity contribution in [2.24, 2.45) is 5.92 Å². The van der Waals surface area contributed by atoms with Crippen LogP contribution in [-0.2, 0) is 6.54 Å². The maximum Gasteiger partial charge on any atom is 0.205 e. The Hall–Kier alpha value is -1.03. The Kier molecular flexibility index (Phi) is 4.42. The van der Waals surface area contributed by atoms with Crippen LogP contribution in [0.25, 0.3) is 0 Å². The molecule has 1 fully saturated rings. The van der Waals surface area contributed by atoms with E-state index >= 15 is 0 Å². The second-order valence-electron chi connectivity index (χ2n) is 4.78. The summed E-state index contributed by atoms with van der Waals surface area (Å²) in [6.07, 6.45) is 6.61. The molecule has 0 amide bonds. The molecule has 1 saturated heterocycles. The van der Waals surface area contributed by atoms with Crippen LogP contribution in [0.3, 0.4) is 0 Å². The van der Waals surface area contributed by atoms with Crippen molar-refractivity contribution in [3.8, 4) is 0 Å². The highest BCUT2D eigenvalue weighted by Crippen LogP contribution is 2.21. The number of aromatic nitrogens is 2. The molecule has 1 atom stereocenters. The van der Waals surface area contributed by atoms with Crippen molar-refractivity contribution >= 4 is 5.95 Å². The summed E-state index contributed by atoms with van der Waals surface area (Å²) in [5.41, 5.74) is 0. The SMILES string of the molecule is CCNCC1CCCN(c2nccn2CC)C1. The zero-order chi connectivity index (χ0) is 12.1. The minimum Gasteiger partial charge on any atom is -0.342 e. The maximum absolute atomic E-state index is 4.49. The molecular weight excluding hydrogens is 212 g/mol. The monoisotopic (exact) mass is 236 g/mol. The number of hydrogen-bond acceptors (Lipinski definition) is 3. The molecule has 2 rings (SSSR count). The molecule has 17 heavy (non-hydrogen) atoms. The van der Waals surface area contributed by atoms with Crippen molar-refractivity contribution in [1.82, 2.24) is 14.9 Å². The average Bonchev–Trinajstić information content (AvgIpc) is 2.85. The minimum atomic E-state index is 0.769. The molecule has 0 bridgehead atoms. The first-order chi connectivity index (χ1) is 8.35. The molecule has 2 heterocycles. The number of piperidine rings is 1. The summed E-state index contributed by atoms with van der Waals surface area (Å²) in [4.78, 5) is 6.93. The summed E-state index contributed by atoms with van der Waals surface area (Å²) >= 11 is 0. The Morgan fingerprint density at radius 3 is 3.12 bits per heavy atom. The molecule has 0 radical (unpaired) electrons. The number of nitrogens with zero attached hydrogens (tertiary/aromatic N) is 3. The zero-order valence-electron chi connectivity index (χ0n) is 11.0. The smallest absolute Gasteiger partial charge is 0.205 e. The molecule has 96 valence electrons. The molecule has 1 N–H and O–H groups in total.